The van der Waals surface area contributed by atoms with Gasteiger partial charge in [-0.2, -0.15) is 0 Å². The van der Waals surface area contributed by atoms with Gasteiger partial charge in [0, 0.05) is 23.5 Å². The van der Waals surface area contributed by atoms with E-state index in [4.69, 9.17) is 0 Å². The number of carbonyl (C=O) groups is 2. The van der Waals surface area contributed by atoms with E-state index in [9.17, 15) is 9.59 Å². The number of thioether (sulfide) groups is 1. The Morgan fingerprint density at radius 1 is 1.41 bits per heavy atom. The molecule has 17 heavy (non-hydrogen) atoms. The molecule has 1 heterocycles. The highest BCUT2D eigenvalue weighted by molar-refractivity contribution is 7.98. The number of anilines is 1. The Bertz CT molecular complexity index is 431. The highest BCUT2D eigenvalue weighted by Gasteiger charge is 2.27. The fourth-order valence-electron chi connectivity index (χ4n) is 1.71. The van der Waals surface area contributed by atoms with Crippen molar-refractivity contribution < 1.29 is 9.59 Å². The van der Waals surface area contributed by atoms with Crippen molar-refractivity contribution in [2.75, 3.05) is 18.1 Å². The minimum atomic E-state index is -0.247. The first-order chi connectivity index (χ1) is 8.19. The summed E-state index contributed by atoms with van der Waals surface area (Å²) in [6.07, 6.45) is 2.29. The predicted molar refractivity (Wildman–Crippen MR) is 68.0 cm³/mol. The maximum absolute atomic E-state index is 11.8. The van der Waals surface area contributed by atoms with Crippen LogP contribution in [0.25, 0.3) is 0 Å². The molecule has 1 saturated heterocycles. The molecular formula is C12H14N2O2S. The number of hydrogen-bond acceptors (Lipinski definition) is 3. The number of amides is 2. The average Bonchev–Trinajstić information content (AvgIpc) is 2.77. The Morgan fingerprint density at radius 2 is 2.12 bits per heavy atom. The third kappa shape index (κ3) is 3.00. The zero-order chi connectivity index (χ0) is 12.3. The molecule has 2 amide bonds. The maximum atomic E-state index is 11.8. The van der Waals surface area contributed by atoms with Crippen LogP contribution in [0, 0.1) is 5.92 Å². The van der Waals surface area contributed by atoms with E-state index in [0.717, 1.165) is 10.6 Å². The lowest BCUT2D eigenvalue weighted by molar-refractivity contribution is -0.123. The molecule has 1 aromatic rings. The van der Waals surface area contributed by atoms with Crippen molar-refractivity contribution in [3.8, 4) is 0 Å². The summed E-state index contributed by atoms with van der Waals surface area (Å²) in [5.41, 5.74) is 0.771. The van der Waals surface area contributed by atoms with Crippen LogP contribution in [0.15, 0.2) is 29.2 Å². The van der Waals surface area contributed by atoms with Crippen LogP contribution in [-0.2, 0) is 9.59 Å². The maximum Gasteiger partial charge on any atom is 0.229 e. The van der Waals surface area contributed by atoms with Gasteiger partial charge in [-0.1, -0.05) is 0 Å². The minimum Gasteiger partial charge on any atom is -0.355 e. The minimum absolute atomic E-state index is 0.0529. The van der Waals surface area contributed by atoms with Crippen molar-refractivity contribution in [3.05, 3.63) is 24.3 Å². The van der Waals surface area contributed by atoms with Gasteiger partial charge in [0.1, 0.15) is 0 Å². The van der Waals surface area contributed by atoms with Gasteiger partial charge in [0.05, 0.1) is 5.92 Å². The van der Waals surface area contributed by atoms with Crippen molar-refractivity contribution in [1.82, 2.24) is 5.32 Å². The molecule has 0 saturated carbocycles. The van der Waals surface area contributed by atoms with E-state index in [-0.39, 0.29) is 24.2 Å². The Balaban J connectivity index is 1.95. The zero-order valence-electron chi connectivity index (χ0n) is 9.53. The standard InChI is InChI=1S/C12H14N2O2S/c1-17-10-4-2-9(3-5-10)14-12(16)8-6-11(15)13-7-8/h2-5,8H,6-7H2,1H3,(H,13,15)(H,14,16). The normalized spacial score (nSPS) is 18.9. The summed E-state index contributed by atoms with van der Waals surface area (Å²) >= 11 is 1.65. The second-order valence-electron chi connectivity index (χ2n) is 3.92. The molecule has 4 nitrogen and oxygen atoms in total. The van der Waals surface area contributed by atoms with E-state index in [1.807, 2.05) is 30.5 Å². The molecule has 0 bridgehead atoms. The first-order valence-electron chi connectivity index (χ1n) is 5.40. The van der Waals surface area contributed by atoms with Crippen molar-refractivity contribution >= 4 is 29.3 Å². The largest absolute Gasteiger partial charge is 0.355 e. The Kier molecular flexibility index (Phi) is 3.68. The first kappa shape index (κ1) is 12.0. The number of rotatable bonds is 3. The molecule has 1 atom stereocenters. The average molecular weight is 250 g/mol. The summed E-state index contributed by atoms with van der Waals surface area (Å²) < 4.78 is 0. The van der Waals surface area contributed by atoms with Crippen molar-refractivity contribution in [2.45, 2.75) is 11.3 Å². The lowest BCUT2D eigenvalue weighted by Crippen LogP contribution is -2.24. The molecule has 2 rings (SSSR count). The van der Waals surface area contributed by atoms with Crippen LogP contribution >= 0.6 is 11.8 Å². The summed E-state index contributed by atoms with van der Waals surface area (Å²) in [6, 6.07) is 7.65. The molecule has 2 N–H and O–H groups in total. The monoisotopic (exact) mass is 250 g/mol. The van der Waals surface area contributed by atoms with Crippen molar-refractivity contribution in [1.29, 1.82) is 0 Å². The lowest BCUT2D eigenvalue weighted by atomic mass is 10.1. The van der Waals surface area contributed by atoms with Crippen molar-refractivity contribution in [3.63, 3.8) is 0 Å². The molecule has 0 spiro atoms. The zero-order valence-corrected chi connectivity index (χ0v) is 10.3. The van der Waals surface area contributed by atoms with Crippen LogP contribution in [0.1, 0.15) is 6.42 Å². The Morgan fingerprint density at radius 3 is 2.65 bits per heavy atom. The third-order valence-corrected chi connectivity index (χ3v) is 3.45. The number of hydrogen-bond donors (Lipinski definition) is 2. The molecule has 0 aromatic heterocycles. The molecule has 1 fully saturated rings. The van der Waals surface area contributed by atoms with Gasteiger partial charge < -0.3 is 10.6 Å². The van der Waals surface area contributed by atoms with E-state index < -0.39 is 0 Å². The molecule has 1 aliphatic heterocycles. The predicted octanol–water partition coefficient (Wildman–Crippen LogP) is 1.48. The van der Waals surface area contributed by atoms with E-state index in [1.165, 1.54) is 0 Å². The smallest absolute Gasteiger partial charge is 0.229 e. The molecular weight excluding hydrogens is 236 g/mol. The van der Waals surface area contributed by atoms with E-state index in [0.29, 0.717) is 6.54 Å². The van der Waals surface area contributed by atoms with E-state index in [1.54, 1.807) is 11.8 Å². The van der Waals surface area contributed by atoms with Crippen LogP contribution in [-0.4, -0.2) is 24.6 Å². The van der Waals surface area contributed by atoms with Gasteiger partial charge in [-0.05, 0) is 30.5 Å². The highest BCUT2D eigenvalue weighted by Crippen LogP contribution is 2.18. The lowest BCUT2D eigenvalue weighted by Gasteiger charge is -2.09. The fraction of sp³-hybridized carbons (Fsp3) is 0.333. The third-order valence-electron chi connectivity index (χ3n) is 2.71. The van der Waals surface area contributed by atoms with E-state index >= 15 is 0 Å². The molecule has 90 valence electrons. The molecule has 5 heteroatoms. The Hall–Kier alpha value is -1.49. The quantitative estimate of drug-likeness (QED) is 0.799. The molecule has 1 aromatic carbocycles. The molecule has 0 radical (unpaired) electrons. The van der Waals surface area contributed by atoms with Gasteiger partial charge in [-0.25, -0.2) is 0 Å². The van der Waals surface area contributed by atoms with E-state index in [2.05, 4.69) is 10.6 Å². The van der Waals surface area contributed by atoms with Crippen LogP contribution < -0.4 is 10.6 Å². The number of benzene rings is 1. The van der Waals surface area contributed by atoms with Gasteiger partial charge >= 0.3 is 0 Å². The molecule has 1 unspecified atom stereocenters. The summed E-state index contributed by atoms with van der Waals surface area (Å²) in [4.78, 5) is 24.0. The summed E-state index contributed by atoms with van der Waals surface area (Å²) in [5, 5.41) is 5.47. The first-order valence-corrected chi connectivity index (χ1v) is 6.63. The second-order valence-corrected chi connectivity index (χ2v) is 4.80. The van der Waals surface area contributed by atoms with Crippen LogP contribution in [0.5, 0.6) is 0 Å². The summed E-state index contributed by atoms with van der Waals surface area (Å²) in [6.45, 7) is 0.438. The topological polar surface area (TPSA) is 58.2 Å². The van der Waals surface area contributed by atoms with Gasteiger partial charge in [-0.3, -0.25) is 9.59 Å². The molecule has 0 aliphatic carbocycles. The van der Waals surface area contributed by atoms with Crippen molar-refractivity contribution in [2.24, 2.45) is 5.92 Å². The van der Waals surface area contributed by atoms with Gasteiger partial charge in [0.25, 0.3) is 0 Å². The van der Waals surface area contributed by atoms with Crippen LogP contribution in [0.2, 0.25) is 0 Å². The molecule has 1 aliphatic rings. The van der Waals surface area contributed by atoms with Gasteiger partial charge in [0.15, 0.2) is 0 Å². The fourth-order valence-corrected chi connectivity index (χ4v) is 2.12. The van der Waals surface area contributed by atoms with Crippen LogP contribution in [0.3, 0.4) is 0 Å². The second kappa shape index (κ2) is 5.23. The van der Waals surface area contributed by atoms with Gasteiger partial charge in [0.2, 0.25) is 11.8 Å². The van der Waals surface area contributed by atoms with Crippen LogP contribution in [0.4, 0.5) is 5.69 Å². The highest BCUT2D eigenvalue weighted by atomic mass is 32.2. The summed E-state index contributed by atoms with van der Waals surface area (Å²) in [7, 11) is 0. The van der Waals surface area contributed by atoms with Gasteiger partial charge in [-0.15, -0.1) is 11.8 Å². The SMILES string of the molecule is CSc1ccc(NC(=O)C2CNC(=O)C2)cc1. The number of nitrogens with one attached hydrogen (secondary N) is 2. The Labute approximate surface area is 104 Å². The number of carbonyl (C=O) groups excluding carboxylic acids is 2. The summed E-state index contributed by atoms with van der Waals surface area (Å²) in [5.74, 6) is -0.397.